The van der Waals surface area contributed by atoms with E-state index in [1.165, 1.54) is 25.0 Å². The number of amidine groups is 1. The lowest BCUT2D eigenvalue weighted by Gasteiger charge is -2.23. The normalized spacial score (nSPS) is 25.2. The van der Waals surface area contributed by atoms with Crippen LogP contribution in [0.1, 0.15) is 19.3 Å². The van der Waals surface area contributed by atoms with Gasteiger partial charge in [0.05, 0.1) is 6.04 Å². The van der Waals surface area contributed by atoms with Crippen LogP contribution in [0, 0.1) is 5.92 Å². The van der Waals surface area contributed by atoms with Gasteiger partial charge >= 0.3 is 6.36 Å². The highest BCUT2D eigenvalue weighted by molar-refractivity contribution is 8.14. The molecule has 1 fully saturated rings. The molecule has 1 aliphatic heterocycles. The van der Waals surface area contributed by atoms with Crippen molar-refractivity contribution in [1.82, 2.24) is 0 Å². The smallest absolute Gasteiger partial charge is 0.406 e. The van der Waals surface area contributed by atoms with Gasteiger partial charge in [-0.05, 0) is 43.0 Å². The predicted molar refractivity (Wildman–Crippen MR) is 77.8 cm³/mol. The molecule has 114 valence electrons. The van der Waals surface area contributed by atoms with Crippen LogP contribution in [-0.4, -0.2) is 23.3 Å². The van der Waals surface area contributed by atoms with Crippen LogP contribution in [0.15, 0.2) is 29.3 Å². The first-order valence-electron chi connectivity index (χ1n) is 6.83. The Morgan fingerprint density at radius 3 is 2.67 bits per heavy atom. The molecule has 3 nitrogen and oxygen atoms in total. The van der Waals surface area contributed by atoms with E-state index in [-0.39, 0.29) is 5.75 Å². The van der Waals surface area contributed by atoms with Crippen LogP contribution in [0.4, 0.5) is 18.9 Å². The van der Waals surface area contributed by atoms with Gasteiger partial charge in [-0.15, -0.1) is 13.2 Å². The summed E-state index contributed by atoms with van der Waals surface area (Å²) in [6, 6.07) is 6.11. The number of benzene rings is 1. The van der Waals surface area contributed by atoms with Crippen molar-refractivity contribution in [1.29, 1.82) is 0 Å². The zero-order valence-electron chi connectivity index (χ0n) is 11.2. The molecule has 1 N–H and O–H groups in total. The van der Waals surface area contributed by atoms with Crippen LogP contribution >= 0.6 is 11.8 Å². The van der Waals surface area contributed by atoms with Crippen molar-refractivity contribution >= 4 is 22.6 Å². The molecular weight excluding hydrogens is 301 g/mol. The third-order valence-electron chi connectivity index (χ3n) is 3.68. The van der Waals surface area contributed by atoms with Gasteiger partial charge in [0.25, 0.3) is 0 Å². The number of anilines is 1. The Bertz CT molecular complexity index is 530. The maximum Gasteiger partial charge on any atom is 0.573 e. The second kappa shape index (κ2) is 5.79. The van der Waals surface area contributed by atoms with E-state index in [2.05, 4.69) is 15.0 Å². The molecule has 7 heteroatoms. The van der Waals surface area contributed by atoms with Crippen molar-refractivity contribution in [3.05, 3.63) is 24.3 Å². The van der Waals surface area contributed by atoms with Crippen LogP contribution in [0.25, 0.3) is 0 Å². The molecule has 1 saturated carbocycles. The van der Waals surface area contributed by atoms with Gasteiger partial charge in [0, 0.05) is 11.4 Å². The highest BCUT2D eigenvalue weighted by Gasteiger charge is 2.32. The second-order valence-electron chi connectivity index (χ2n) is 5.20. The monoisotopic (exact) mass is 316 g/mol. The summed E-state index contributed by atoms with van der Waals surface area (Å²) in [5.74, 6) is 1.52. The predicted octanol–water partition coefficient (Wildman–Crippen LogP) is 4.27. The van der Waals surface area contributed by atoms with Gasteiger partial charge in [-0.3, -0.25) is 4.99 Å². The largest absolute Gasteiger partial charge is 0.573 e. The molecule has 2 unspecified atom stereocenters. The molecule has 1 aromatic rings. The van der Waals surface area contributed by atoms with Gasteiger partial charge in [0.2, 0.25) is 0 Å². The van der Waals surface area contributed by atoms with Gasteiger partial charge in [0.1, 0.15) is 5.75 Å². The van der Waals surface area contributed by atoms with Gasteiger partial charge in [-0.25, -0.2) is 0 Å². The Labute approximate surface area is 125 Å². The third-order valence-corrected chi connectivity index (χ3v) is 4.75. The zero-order valence-corrected chi connectivity index (χ0v) is 12.0. The number of halogens is 3. The molecule has 0 aromatic heterocycles. The minimum Gasteiger partial charge on any atom is -0.406 e. The SMILES string of the molecule is FC(F)(F)Oc1ccc(NC2=NC3CCCC3CS2)cc1. The Kier molecular flexibility index (Phi) is 4.01. The molecule has 1 heterocycles. The average molecular weight is 316 g/mol. The fraction of sp³-hybridized carbons (Fsp3) is 0.500. The highest BCUT2D eigenvalue weighted by atomic mass is 32.2. The fourth-order valence-corrected chi connectivity index (χ4v) is 3.85. The summed E-state index contributed by atoms with van der Waals surface area (Å²) >= 11 is 1.68. The first kappa shape index (κ1) is 14.6. The van der Waals surface area contributed by atoms with Crippen molar-refractivity contribution in [3.63, 3.8) is 0 Å². The summed E-state index contributed by atoms with van der Waals surface area (Å²) in [6.45, 7) is 0. The lowest BCUT2D eigenvalue weighted by atomic mass is 10.1. The van der Waals surface area contributed by atoms with E-state index in [0.717, 1.165) is 17.3 Å². The van der Waals surface area contributed by atoms with E-state index in [0.29, 0.717) is 17.6 Å². The van der Waals surface area contributed by atoms with E-state index in [1.54, 1.807) is 23.9 Å². The highest BCUT2D eigenvalue weighted by Crippen LogP contribution is 2.35. The van der Waals surface area contributed by atoms with Crippen molar-refractivity contribution < 1.29 is 17.9 Å². The molecule has 0 bridgehead atoms. The van der Waals surface area contributed by atoms with E-state index >= 15 is 0 Å². The molecule has 2 atom stereocenters. The molecule has 1 aromatic carbocycles. The van der Waals surface area contributed by atoms with Crippen molar-refractivity contribution in [2.75, 3.05) is 11.1 Å². The Balaban J connectivity index is 1.63. The van der Waals surface area contributed by atoms with Crippen LogP contribution in [-0.2, 0) is 0 Å². The number of nitrogens with zero attached hydrogens (tertiary/aromatic N) is 1. The summed E-state index contributed by atoms with van der Waals surface area (Å²) in [4.78, 5) is 4.68. The number of alkyl halides is 3. The number of rotatable bonds is 2. The molecule has 0 radical (unpaired) electrons. The van der Waals surface area contributed by atoms with Gasteiger partial charge < -0.3 is 10.1 Å². The van der Waals surface area contributed by atoms with E-state index < -0.39 is 6.36 Å². The van der Waals surface area contributed by atoms with Gasteiger partial charge in [-0.2, -0.15) is 0 Å². The molecule has 0 amide bonds. The number of thioether (sulfide) groups is 1. The summed E-state index contributed by atoms with van der Waals surface area (Å²) in [5, 5.41) is 4.01. The van der Waals surface area contributed by atoms with Crippen LogP contribution < -0.4 is 10.1 Å². The standard InChI is InChI=1S/C14H15F3N2OS/c15-14(16,17)20-11-6-4-10(5-7-11)18-13-19-12-3-1-2-9(12)8-21-13/h4-7,9,12H,1-3,8H2,(H,18,19). The van der Waals surface area contributed by atoms with Crippen LogP contribution in [0.5, 0.6) is 5.75 Å². The zero-order chi connectivity index (χ0) is 14.9. The fourth-order valence-electron chi connectivity index (χ4n) is 2.69. The molecule has 1 aliphatic carbocycles. The molecule has 21 heavy (non-hydrogen) atoms. The van der Waals surface area contributed by atoms with E-state index in [1.807, 2.05) is 0 Å². The van der Waals surface area contributed by atoms with Gasteiger partial charge in [0.15, 0.2) is 5.17 Å². The Morgan fingerprint density at radius 1 is 1.19 bits per heavy atom. The topological polar surface area (TPSA) is 33.6 Å². The van der Waals surface area contributed by atoms with Crippen molar-refractivity contribution in [2.45, 2.75) is 31.7 Å². The average Bonchev–Trinajstić information content (AvgIpc) is 2.87. The van der Waals surface area contributed by atoms with Gasteiger partial charge in [-0.1, -0.05) is 18.2 Å². The molecule has 0 spiro atoms. The van der Waals surface area contributed by atoms with Crippen molar-refractivity contribution in [2.24, 2.45) is 10.9 Å². The molecule has 3 rings (SSSR count). The number of aliphatic imine (C=N–C) groups is 1. The number of hydrogen-bond acceptors (Lipinski definition) is 4. The summed E-state index contributed by atoms with van der Waals surface area (Å²) < 4.78 is 40.1. The second-order valence-corrected chi connectivity index (χ2v) is 6.21. The lowest BCUT2D eigenvalue weighted by molar-refractivity contribution is -0.274. The Hall–Kier alpha value is -1.37. The number of hydrogen-bond donors (Lipinski definition) is 1. The molecular formula is C14H15F3N2OS. The first-order chi connectivity index (χ1) is 9.99. The maximum absolute atomic E-state index is 12.1. The third kappa shape index (κ3) is 3.84. The summed E-state index contributed by atoms with van der Waals surface area (Å²) in [6.07, 6.45) is -1.04. The van der Waals surface area contributed by atoms with Crippen LogP contribution in [0.2, 0.25) is 0 Å². The summed E-state index contributed by atoms with van der Waals surface area (Å²) in [5.41, 5.74) is 0.715. The minimum atomic E-state index is -4.66. The maximum atomic E-state index is 12.1. The minimum absolute atomic E-state index is 0.220. The summed E-state index contributed by atoms with van der Waals surface area (Å²) in [7, 11) is 0. The van der Waals surface area contributed by atoms with Crippen LogP contribution in [0.3, 0.4) is 0 Å². The van der Waals surface area contributed by atoms with E-state index in [9.17, 15) is 13.2 Å². The Morgan fingerprint density at radius 2 is 1.95 bits per heavy atom. The lowest BCUT2D eigenvalue weighted by Crippen LogP contribution is -2.25. The quantitative estimate of drug-likeness (QED) is 0.884. The number of nitrogens with one attached hydrogen (secondary N) is 1. The van der Waals surface area contributed by atoms with Crippen molar-refractivity contribution in [3.8, 4) is 5.75 Å². The molecule has 0 saturated heterocycles. The first-order valence-corrected chi connectivity index (χ1v) is 7.81. The number of ether oxygens (including phenoxy) is 1. The number of fused-ring (bicyclic) bond motifs is 1. The molecule has 2 aliphatic rings. The van der Waals surface area contributed by atoms with E-state index in [4.69, 9.17) is 0 Å².